The van der Waals surface area contributed by atoms with Gasteiger partial charge in [0.05, 0.1) is 6.42 Å². The van der Waals surface area contributed by atoms with Crippen LogP contribution in [0.1, 0.15) is 25.0 Å². The maximum atomic E-state index is 11.7. The molecule has 3 nitrogen and oxygen atoms in total. The first-order valence-corrected chi connectivity index (χ1v) is 7.10. The summed E-state index contributed by atoms with van der Waals surface area (Å²) in [6, 6.07) is 7.29. The minimum Gasteiger partial charge on any atom is -0.481 e. The second-order valence-corrected chi connectivity index (χ2v) is 6.03. The molecule has 0 aliphatic carbocycles. The molecule has 1 aromatic rings. The summed E-state index contributed by atoms with van der Waals surface area (Å²) >= 11 is 0. The van der Waals surface area contributed by atoms with E-state index < -0.39 is 16.8 Å². The van der Waals surface area contributed by atoms with Crippen LogP contribution in [-0.4, -0.2) is 21.0 Å². The van der Waals surface area contributed by atoms with Gasteiger partial charge in [0.15, 0.2) is 0 Å². The Morgan fingerprint density at radius 2 is 1.76 bits per heavy atom. The fourth-order valence-corrected chi connectivity index (χ4v) is 2.97. The smallest absolute Gasteiger partial charge is 0.307 e. The molecule has 0 heterocycles. The number of carboxylic acids is 1. The van der Waals surface area contributed by atoms with Crippen LogP contribution in [0.15, 0.2) is 24.3 Å². The molecule has 0 saturated heterocycles. The molecule has 0 fully saturated rings. The van der Waals surface area contributed by atoms with E-state index >= 15 is 0 Å². The largest absolute Gasteiger partial charge is 0.481 e. The summed E-state index contributed by atoms with van der Waals surface area (Å²) in [5.74, 6) is 0.853. The molecule has 0 aromatic heterocycles. The lowest BCUT2D eigenvalue weighted by molar-refractivity contribution is -0.136. The van der Waals surface area contributed by atoms with Crippen molar-refractivity contribution >= 4 is 16.8 Å². The number of hydrogen-bond acceptors (Lipinski definition) is 2. The average Bonchev–Trinajstić information content (AvgIpc) is 2.18. The van der Waals surface area contributed by atoms with E-state index in [4.69, 9.17) is 5.11 Å². The van der Waals surface area contributed by atoms with Gasteiger partial charge in [-0.05, 0) is 17.0 Å². The maximum Gasteiger partial charge on any atom is 0.307 e. The summed E-state index contributed by atoms with van der Waals surface area (Å²) in [7, 11) is -0.835. The minimum absolute atomic E-state index is 0.0371. The van der Waals surface area contributed by atoms with E-state index in [0.717, 1.165) is 11.1 Å². The fourth-order valence-electron chi connectivity index (χ4n) is 1.54. The van der Waals surface area contributed by atoms with Crippen molar-refractivity contribution in [1.82, 2.24) is 0 Å². The summed E-state index contributed by atoms with van der Waals surface area (Å²) in [6.45, 7) is 4.10. The zero-order valence-electron chi connectivity index (χ0n) is 10.2. The Morgan fingerprint density at radius 1 is 1.24 bits per heavy atom. The van der Waals surface area contributed by atoms with Gasteiger partial charge in [0.1, 0.15) is 0 Å². The van der Waals surface area contributed by atoms with Crippen molar-refractivity contribution in [2.75, 3.05) is 5.75 Å². The zero-order chi connectivity index (χ0) is 12.8. The van der Waals surface area contributed by atoms with Crippen LogP contribution in [0, 0.1) is 5.92 Å². The first-order chi connectivity index (χ1) is 7.97. The van der Waals surface area contributed by atoms with E-state index in [0.29, 0.717) is 17.4 Å². The van der Waals surface area contributed by atoms with Crippen LogP contribution in [0.4, 0.5) is 0 Å². The summed E-state index contributed by atoms with van der Waals surface area (Å²) in [5, 5.41) is 8.63. The van der Waals surface area contributed by atoms with Gasteiger partial charge in [-0.15, -0.1) is 0 Å². The summed E-state index contributed by atoms with van der Waals surface area (Å²) in [5.41, 5.74) is 1.77. The van der Waals surface area contributed by atoms with Crippen LogP contribution >= 0.6 is 0 Å². The zero-order valence-corrected chi connectivity index (χ0v) is 11.0. The summed E-state index contributed by atoms with van der Waals surface area (Å²) in [6.07, 6.45) is 0.0371. The molecule has 1 N–H and O–H groups in total. The molecule has 1 unspecified atom stereocenters. The highest BCUT2D eigenvalue weighted by Crippen LogP contribution is 2.09. The molecular weight excluding hydrogens is 236 g/mol. The molecule has 1 rings (SSSR count). The van der Waals surface area contributed by atoms with Crippen molar-refractivity contribution < 1.29 is 14.1 Å². The molecule has 94 valence electrons. The van der Waals surface area contributed by atoms with Gasteiger partial charge in [-0.1, -0.05) is 38.1 Å². The molecule has 0 amide bonds. The van der Waals surface area contributed by atoms with E-state index in [1.54, 1.807) is 12.1 Å². The lowest BCUT2D eigenvalue weighted by Gasteiger charge is -2.05. The van der Waals surface area contributed by atoms with Crippen molar-refractivity contribution in [3.63, 3.8) is 0 Å². The predicted octanol–water partition coefficient (Wildman–Crippen LogP) is 2.22. The fraction of sp³-hybridized carbons (Fsp3) is 0.462. The van der Waals surface area contributed by atoms with Crippen LogP contribution < -0.4 is 0 Å². The number of aliphatic carboxylic acids is 1. The van der Waals surface area contributed by atoms with Gasteiger partial charge in [-0.3, -0.25) is 9.00 Å². The summed E-state index contributed by atoms with van der Waals surface area (Å²) < 4.78 is 11.7. The number of carboxylic acid groups (broad SMARTS) is 1. The standard InChI is InChI=1S/C13H18O3S/c1-10(2)8-17(16)9-12-5-3-11(4-6-12)7-13(14)15/h3-6,10H,7-9H2,1-2H3,(H,14,15). The molecule has 1 atom stereocenters. The second kappa shape index (κ2) is 6.55. The molecule has 0 bridgehead atoms. The second-order valence-electron chi connectivity index (χ2n) is 4.53. The quantitative estimate of drug-likeness (QED) is 0.847. The first-order valence-electron chi connectivity index (χ1n) is 5.62. The Hall–Kier alpha value is -1.16. The van der Waals surface area contributed by atoms with Gasteiger partial charge >= 0.3 is 5.97 Å². The highest BCUT2D eigenvalue weighted by molar-refractivity contribution is 7.84. The molecule has 0 aliphatic rings. The molecule has 1 aromatic carbocycles. The number of carbonyl (C=O) groups is 1. The minimum atomic E-state index is -0.835. The van der Waals surface area contributed by atoms with Gasteiger partial charge < -0.3 is 5.11 Å². The molecule has 0 saturated carbocycles. The number of benzene rings is 1. The highest BCUT2D eigenvalue weighted by atomic mass is 32.2. The lowest BCUT2D eigenvalue weighted by atomic mass is 10.1. The monoisotopic (exact) mass is 254 g/mol. The molecule has 0 aliphatic heterocycles. The van der Waals surface area contributed by atoms with Gasteiger partial charge in [0, 0.05) is 22.3 Å². The van der Waals surface area contributed by atoms with Crippen molar-refractivity contribution in [1.29, 1.82) is 0 Å². The highest BCUT2D eigenvalue weighted by Gasteiger charge is 2.05. The number of hydrogen-bond donors (Lipinski definition) is 1. The molecule has 4 heteroatoms. The van der Waals surface area contributed by atoms with Gasteiger partial charge in [0.2, 0.25) is 0 Å². The Kier molecular flexibility index (Phi) is 5.35. The third-order valence-corrected chi connectivity index (χ3v) is 3.92. The third-order valence-electron chi connectivity index (χ3n) is 2.23. The third kappa shape index (κ3) is 5.63. The molecule has 0 radical (unpaired) electrons. The Bertz CT molecular complexity index is 396. The topological polar surface area (TPSA) is 54.4 Å². The van der Waals surface area contributed by atoms with E-state index in [1.807, 2.05) is 26.0 Å². The summed E-state index contributed by atoms with van der Waals surface area (Å²) in [4.78, 5) is 10.5. The predicted molar refractivity (Wildman–Crippen MR) is 69.3 cm³/mol. The maximum absolute atomic E-state index is 11.7. The van der Waals surface area contributed by atoms with Crippen molar-refractivity contribution in [2.45, 2.75) is 26.0 Å². The van der Waals surface area contributed by atoms with Crippen LogP contribution in [0.2, 0.25) is 0 Å². The average molecular weight is 254 g/mol. The molecule has 0 spiro atoms. The normalized spacial score (nSPS) is 12.6. The van der Waals surface area contributed by atoms with E-state index in [2.05, 4.69) is 0 Å². The van der Waals surface area contributed by atoms with Crippen molar-refractivity contribution in [2.24, 2.45) is 5.92 Å². The SMILES string of the molecule is CC(C)CS(=O)Cc1ccc(CC(=O)O)cc1. The Balaban J connectivity index is 2.56. The van der Waals surface area contributed by atoms with E-state index in [1.165, 1.54) is 0 Å². The van der Waals surface area contributed by atoms with Crippen LogP contribution in [0.5, 0.6) is 0 Å². The van der Waals surface area contributed by atoms with E-state index in [-0.39, 0.29) is 6.42 Å². The van der Waals surface area contributed by atoms with Crippen LogP contribution in [-0.2, 0) is 27.8 Å². The molecular formula is C13H18O3S. The first kappa shape index (κ1) is 13.9. The van der Waals surface area contributed by atoms with Gasteiger partial charge in [-0.25, -0.2) is 0 Å². The Morgan fingerprint density at radius 3 is 2.24 bits per heavy atom. The number of rotatable bonds is 6. The van der Waals surface area contributed by atoms with E-state index in [9.17, 15) is 9.00 Å². The van der Waals surface area contributed by atoms with Crippen molar-refractivity contribution in [3.05, 3.63) is 35.4 Å². The molecule has 17 heavy (non-hydrogen) atoms. The van der Waals surface area contributed by atoms with Crippen molar-refractivity contribution in [3.8, 4) is 0 Å². The van der Waals surface area contributed by atoms with Gasteiger partial charge in [0.25, 0.3) is 0 Å². The van der Waals surface area contributed by atoms with Crippen LogP contribution in [0.3, 0.4) is 0 Å². The Labute approximate surface area is 104 Å². The van der Waals surface area contributed by atoms with Crippen LogP contribution in [0.25, 0.3) is 0 Å². The van der Waals surface area contributed by atoms with Gasteiger partial charge in [-0.2, -0.15) is 0 Å². The lowest BCUT2D eigenvalue weighted by Crippen LogP contribution is -2.06.